The summed E-state index contributed by atoms with van der Waals surface area (Å²) >= 11 is 1.64. The zero-order valence-electron chi connectivity index (χ0n) is 12.9. The molecule has 2 aromatic carbocycles. The van der Waals surface area contributed by atoms with Gasteiger partial charge in [-0.2, -0.15) is 0 Å². The standard InChI is InChI=1S/C18H16N2O2S/c1-12-19-16-9-4-3-8-15(16)17(20-12)23-11-13-6-5-7-14(10-13)18(21)22-2/h3-10H,11H2,1-2H3. The number of carbonyl (C=O) groups is 1. The second kappa shape index (κ2) is 6.79. The third-order valence-corrected chi connectivity index (χ3v) is 4.47. The molecule has 116 valence electrons. The van der Waals surface area contributed by atoms with Gasteiger partial charge in [-0.1, -0.05) is 30.3 Å². The Bertz CT molecular complexity index is 865. The minimum atomic E-state index is -0.319. The van der Waals surface area contributed by atoms with Gasteiger partial charge in [0.15, 0.2) is 0 Å². The number of rotatable bonds is 4. The molecule has 0 unspecified atom stereocenters. The maximum absolute atomic E-state index is 11.6. The molecule has 0 aliphatic carbocycles. The summed E-state index contributed by atoms with van der Waals surface area (Å²) in [6, 6.07) is 15.5. The van der Waals surface area contributed by atoms with Crippen molar-refractivity contribution >= 4 is 28.6 Å². The van der Waals surface area contributed by atoms with Gasteiger partial charge in [0.05, 0.1) is 18.2 Å². The molecule has 0 atom stereocenters. The molecule has 0 aliphatic rings. The molecule has 0 bridgehead atoms. The van der Waals surface area contributed by atoms with E-state index in [-0.39, 0.29) is 5.97 Å². The van der Waals surface area contributed by atoms with E-state index < -0.39 is 0 Å². The fourth-order valence-corrected chi connectivity index (χ4v) is 3.33. The zero-order valence-corrected chi connectivity index (χ0v) is 13.8. The SMILES string of the molecule is COC(=O)c1cccc(CSc2nc(C)nc3ccccc23)c1. The number of para-hydroxylation sites is 1. The number of aryl methyl sites for hydroxylation is 1. The van der Waals surface area contributed by atoms with Gasteiger partial charge in [0.1, 0.15) is 10.9 Å². The lowest BCUT2D eigenvalue weighted by molar-refractivity contribution is 0.0600. The van der Waals surface area contributed by atoms with Crippen LogP contribution >= 0.6 is 11.8 Å². The number of nitrogens with zero attached hydrogens (tertiary/aromatic N) is 2. The second-order valence-corrected chi connectivity index (χ2v) is 6.04. The number of aromatic nitrogens is 2. The molecule has 0 spiro atoms. The van der Waals surface area contributed by atoms with E-state index >= 15 is 0 Å². The Kier molecular flexibility index (Phi) is 4.57. The molecule has 1 aromatic heterocycles. The molecule has 0 radical (unpaired) electrons. The average molecular weight is 324 g/mol. The first-order valence-corrected chi connectivity index (χ1v) is 8.19. The van der Waals surface area contributed by atoms with E-state index in [2.05, 4.69) is 9.97 Å². The van der Waals surface area contributed by atoms with Crippen molar-refractivity contribution in [2.24, 2.45) is 0 Å². The van der Waals surface area contributed by atoms with Gasteiger partial charge in [0.25, 0.3) is 0 Å². The van der Waals surface area contributed by atoms with E-state index in [4.69, 9.17) is 4.74 Å². The molecule has 0 N–H and O–H groups in total. The number of benzene rings is 2. The highest BCUT2D eigenvalue weighted by Crippen LogP contribution is 2.28. The second-order valence-electron chi connectivity index (χ2n) is 5.07. The van der Waals surface area contributed by atoms with Gasteiger partial charge in [-0.25, -0.2) is 14.8 Å². The summed E-state index contributed by atoms with van der Waals surface area (Å²) in [6.45, 7) is 1.90. The van der Waals surface area contributed by atoms with E-state index in [1.807, 2.05) is 49.4 Å². The summed E-state index contributed by atoms with van der Waals surface area (Å²) in [6.07, 6.45) is 0. The molecule has 4 nitrogen and oxygen atoms in total. The molecule has 23 heavy (non-hydrogen) atoms. The highest BCUT2D eigenvalue weighted by molar-refractivity contribution is 7.98. The van der Waals surface area contributed by atoms with E-state index in [1.54, 1.807) is 17.8 Å². The predicted molar refractivity (Wildman–Crippen MR) is 91.6 cm³/mol. The van der Waals surface area contributed by atoms with Crippen LogP contribution in [0.2, 0.25) is 0 Å². The lowest BCUT2D eigenvalue weighted by Crippen LogP contribution is -2.01. The number of carbonyl (C=O) groups excluding carboxylic acids is 1. The van der Waals surface area contributed by atoms with Gasteiger partial charge < -0.3 is 4.74 Å². The Labute approximate surface area is 138 Å². The van der Waals surface area contributed by atoms with Gasteiger partial charge in [-0.3, -0.25) is 0 Å². The molecular weight excluding hydrogens is 308 g/mol. The number of methoxy groups -OCH3 is 1. The predicted octanol–water partition coefficient (Wildman–Crippen LogP) is 4.02. The van der Waals surface area contributed by atoms with Crippen LogP contribution in [0.4, 0.5) is 0 Å². The minimum Gasteiger partial charge on any atom is -0.465 e. The number of ether oxygens (including phenoxy) is 1. The van der Waals surface area contributed by atoms with Crippen LogP contribution < -0.4 is 0 Å². The summed E-state index contributed by atoms with van der Waals surface area (Å²) in [7, 11) is 1.39. The first kappa shape index (κ1) is 15.5. The third kappa shape index (κ3) is 3.51. The molecule has 0 fully saturated rings. The topological polar surface area (TPSA) is 52.1 Å². The number of esters is 1. The van der Waals surface area contributed by atoms with Crippen LogP contribution in [-0.2, 0) is 10.5 Å². The molecule has 3 rings (SSSR count). The van der Waals surface area contributed by atoms with Crippen LogP contribution in [0.25, 0.3) is 10.9 Å². The Balaban J connectivity index is 1.85. The van der Waals surface area contributed by atoms with E-state index in [9.17, 15) is 4.79 Å². The van der Waals surface area contributed by atoms with Crippen molar-refractivity contribution in [3.63, 3.8) is 0 Å². The normalized spacial score (nSPS) is 10.7. The van der Waals surface area contributed by atoms with Gasteiger partial charge in [0, 0.05) is 11.1 Å². The molecule has 5 heteroatoms. The largest absolute Gasteiger partial charge is 0.465 e. The van der Waals surface area contributed by atoms with Crippen LogP contribution in [0.3, 0.4) is 0 Å². The number of hydrogen-bond donors (Lipinski definition) is 0. The number of fused-ring (bicyclic) bond motifs is 1. The lowest BCUT2D eigenvalue weighted by Gasteiger charge is -2.07. The van der Waals surface area contributed by atoms with Crippen molar-refractivity contribution in [1.29, 1.82) is 0 Å². The van der Waals surface area contributed by atoms with Crippen LogP contribution in [0.15, 0.2) is 53.6 Å². The monoisotopic (exact) mass is 324 g/mol. The highest BCUT2D eigenvalue weighted by Gasteiger charge is 2.09. The maximum Gasteiger partial charge on any atom is 0.337 e. The van der Waals surface area contributed by atoms with Gasteiger partial charge in [-0.15, -0.1) is 11.8 Å². The summed E-state index contributed by atoms with van der Waals surface area (Å²) < 4.78 is 4.76. The van der Waals surface area contributed by atoms with E-state index in [1.165, 1.54) is 7.11 Å². The van der Waals surface area contributed by atoms with Crippen molar-refractivity contribution < 1.29 is 9.53 Å². The molecule has 0 saturated heterocycles. The smallest absolute Gasteiger partial charge is 0.337 e. The van der Waals surface area contributed by atoms with Crippen molar-refractivity contribution in [2.45, 2.75) is 17.7 Å². The van der Waals surface area contributed by atoms with Crippen molar-refractivity contribution in [2.75, 3.05) is 7.11 Å². The quantitative estimate of drug-likeness (QED) is 0.412. The van der Waals surface area contributed by atoms with Crippen LogP contribution in [0.5, 0.6) is 0 Å². The summed E-state index contributed by atoms with van der Waals surface area (Å²) in [5.74, 6) is 1.17. The van der Waals surface area contributed by atoms with Gasteiger partial charge in [0.2, 0.25) is 0 Å². The Morgan fingerprint density at radius 2 is 1.96 bits per heavy atom. The molecule has 3 aromatic rings. The molecule has 0 saturated carbocycles. The molecule has 0 aliphatic heterocycles. The maximum atomic E-state index is 11.6. The number of hydrogen-bond acceptors (Lipinski definition) is 5. The van der Waals surface area contributed by atoms with Gasteiger partial charge >= 0.3 is 5.97 Å². The molecular formula is C18H16N2O2S. The first-order chi connectivity index (χ1) is 11.2. The first-order valence-electron chi connectivity index (χ1n) is 7.21. The fraction of sp³-hybridized carbons (Fsp3) is 0.167. The summed E-state index contributed by atoms with van der Waals surface area (Å²) in [5.41, 5.74) is 2.57. The van der Waals surface area contributed by atoms with Crippen LogP contribution in [0, 0.1) is 6.92 Å². The van der Waals surface area contributed by atoms with Crippen molar-refractivity contribution in [3.05, 3.63) is 65.5 Å². The minimum absolute atomic E-state index is 0.319. The van der Waals surface area contributed by atoms with E-state index in [0.717, 1.165) is 33.1 Å². The summed E-state index contributed by atoms with van der Waals surface area (Å²) in [4.78, 5) is 20.6. The fourth-order valence-electron chi connectivity index (χ4n) is 2.33. The van der Waals surface area contributed by atoms with Crippen molar-refractivity contribution in [3.8, 4) is 0 Å². The van der Waals surface area contributed by atoms with Crippen LogP contribution in [0.1, 0.15) is 21.7 Å². The molecule has 1 heterocycles. The van der Waals surface area contributed by atoms with Crippen LogP contribution in [-0.4, -0.2) is 23.0 Å². The Morgan fingerprint density at radius 1 is 1.13 bits per heavy atom. The molecule has 0 amide bonds. The van der Waals surface area contributed by atoms with Gasteiger partial charge in [-0.05, 0) is 30.7 Å². The van der Waals surface area contributed by atoms with Crippen molar-refractivity contribution in [1.82, 2.24) is 9.97 Å². The Morgan fingerprint density at radius 3 is 2.78 bits per heavy atom. The highest BCUT2D eigenvalue weighted by atomic mass is 32.2. The zero-order chi connectivity index (χ0) is 16.2. The lowest BCUT2D eigenvalue weighted by atomic mass is 10.1. The van der Waals surface area contributed by atoms with E-state index in [0.29, 0.717) is 5.56 Å². The summed E-state index contributed by atoms with van der Waals surface area (Å²) in [5, 5.41) is 2.00. The average Bonchev–Trinajstić information content (AvgIpc) is 2.59. The number of thioether (sulfide) groups is 1. The third-order valence-electron chi connectivity index (χ3n) is 3.40. The Hall–Kier alpha value is -2.40.